The zero-order chi connectivity index (χ0) is 8.97. The van der Waals surface area contributed by atoms with Crippen LogP contribution >= 0.6 is 0 Å². The molecule has 1 rings (SSSR count). The topological polar surface area (TPSA) is 20.3 Å². The van der Waals surface area contributed by atoms with E-state index in [4.69, 9.17) is 0 Å². The molecule has 0 N–H and O–H groups in total. The van der Waals surface area contributed by atoms with Crippen molar-refractivity contribution in [1.82, 2.24) is 4.90 Å². The largest absolute Gasteiger partial charge is 0.301 e. The van der Waals surface area contributed by atoms with Gasteiger partial charge in [-0.1, -0.05) is 0 Å². The van der Waals surface area contributed by atoms with Gasteiger partial charge in [0.05, 0.1) is 0 Å². The lowest BCUT2D eigenvalue weighted by molar-refractivity contribution is -0.117. The van der Waals surface area contributed by atoms with Crippen LogP contribution in [0.25, 0.3) is 0 Å². The highest BCUT2D eigenvalue weighted by Crippen LogP contribution is 2.14. The molecule has 1 aliphatic rings. The van der Waals surface area contributed by atoms with E-state index in [1.54, 1.807) is 6.92 Å². The summed E-state index contributed by atoms with van der Waals surface area (Å²) in [4.78, 5) is 13.2. The van der Waals surface area contributed by atoms with E-state index in [0.29, 0.717) is 11.8 Å². The smallest absolute Gasteiger partial charge is 0.129 e. The van der Waals surface area contributed by atoms with Crippen LogP contribution in [0.3, 0.4) is 0 Å². The Balaban J connectivity index is 2.17. The minimum Gasteiger partial charge on any atom is -0.301 e. The highest BCUT2D eigenvalue weighted by molar-refractivity contribution is 5.75. The maximum atomic E-state index is 10.7. The van der Waals surface area contributed by atoms with E-state index in [-0.39, 0.29) is 0 Å². The highest BCUT2D eigenvalue weighted by atomic mass is 16.1. The molecule has 0 aromatic heterocycles. The fraction of sp³-hybridized carbons (Fsp3) is 0.900. The monoisotopic (exact) mass is 169 g/mol. The van der Waals surface area contributed by atoms with Crippen LogP contribution in [-0.2, 0) is 4.79 Å². The van der Waals surface area contributed by atoms with Gasteiger partial charge in [-0.3, -0.25) is 0 Å². The molecule has 0 bridgehead atoms. The van der Waals surface area contributed by atoms with Crippen molar-refractivity contribution in [2.45, 2.75) is 45.6 Å². The van der Waals surface area contributed by atoms with Crippen LogP contribution in [-0.4, -0.2) is 29.8 Å². The lowest BCUT2D eigenvalue weighted by Crippen LogP contribution is -2.30. The zero-order valence-electron chi connectivity index (χ0n) is 8.18. The quantitative estimate of drug-likeness (QED) is 0.640. The third-order valence-electron chi connectivity index (χ3n) is 2.68. The molecule has 1 unspecified atom stereocenters. The average Bonchev–Trinajstić information content (AvgIpc) is 2.51. The van der Waals surface area contributed by atoms with Crippen molar-refractivity contribution >= 4 is 5.78 Å². The Kier molecular flexibility index (Phi) is 3.73. The molecule has 0 radical (unpaired) electrons. The van der Waals surface area contributed by atoms with Crippen LogP contribution in [0.15, 0.2) is 0 Å². The number of Topliss-reactive ketones (excluding diaryl/α,β-unsaturated/α-hetero) is 1. The predicted octanol–water partition coefficient (Wildman–Crippen LogP) is 1.84. The maximum Gasteiger partial charge on any atom is 0.129 e. The van der Waals surface area contributed by atoms with Crippen molar-refractivity contribution in [3.63, 3.8) is 0 Å². The van der Waals surface area contributed by atoms with Gasteiger partial charge in [0.2, 0.25) is 0 Å². The van der Waals surface area contributed by atoms with Crippen molar-refractivity contribution in [3.05, 3.63) is 0 Å². The van der Waals surface area contributed by atoms with Gasteiger partial charge < -0.3 is 9.69 Å². The fourth-order valence-corrected chi connectivity index (χ4v) is 1.78. The molecule has 70 valence electrons. The van der Waals surface area contributed by atoms with Crippen molar-refractivity contribution in [2.75, 3.05) is 13.1 Å². The summed E-state index contributed by atoms with van der Waals surface area (Å²) >= 11 is 0. The van der Waals surface area contributed by atoms with Gasteiger partial charge in [0, 0.05) is 12.5 Å². The molecule has 0 aromatic carbocycles. The second kappa shape index (κ2) is 4.61. The highest BCUT2D eigenvalue weighted by Gasteiger charge is 2.17. The van der Waals surface area contributed by atoms with Gasteiger partial charge in [0.15, 0.2) is 0 Å². The third kappa shape index (κ3) is 2.94. The summed E-state index contributed by atoms with van der Waals surface area (Å²) < 4.78 is 0. The molecule has 1 atom stereocenters. The summed E-state index contributed by atoms with van der Waals surface area (Å²) in [5.41, 5.74) is 0. The Morgan fingerprint density at radius 2 is 2.00 bits per heavy atom. The molecule has 0 aromatic rings. The Morgan fingerprint density at radius 3 is 2.50 bits per heavy atom. The van der Waals surface area contributed by atoms with Crippen LogP contribution in [0.4, 0.5) is 0 Å². The number of carbonyl (C=O) groups excluding carboxylic acids is 1. The van der Waals surface area contributed by atoms with Gasteiger partial charge >= 0.3 is 0 Å². The number of hydrogen-bond donors (Lipinski definition) is 0. The molecule has 12 heavy (non-hydrogen) atoms. The van der Waals surface area contributed by atoms with E-state index >= 15 is 0 Å². The second-order valence-electron chi connectivity index (χ2n) is 3.83. The molecule has 2 heteroatoms. The van der Waals surface area contributed by atoms with Crippen LogP contribution in [0.5, 0.6) is 0 Å². The van der Waals surface area contributed by atoms with Gasteiger partial charge in [-0.05, 0) is 46.2 Å². The lowest BCUT2D eigenvalue weighted by atomic mass is 10.1. The summed E-state index contributed by atoms with van der Waals surface area (Å²) in [6, 6.07) is 0.608. The Bertz CT molecular complexity index is 150. The summed E-state index contributed by atoms with van der Waals surface area (Å²) in [5, 5.41) is 0. The number of likely N-dealkylation sites (tertiary alicyclic amines) is 1. The van der Waals surface area contributed by atoms with E-state index < -0.39 is 0 Å². The first-order chi connectivity index (χ1) is 5.70. The summed E-state index contributed by atoms with van der Waals surface area (Å²) in [5.74, 6) is 0.320. The third-order valence-corrected chi connectivity index (χ3v) is 2.68. The molecule has 1 fully saturated rings. The number of carbonyl (C=O) groups is 1. The molecule has 0 spiro atoms. The molecule has 0 amide bonds. The van der Waals surface area contributed by atoms with Gasteiger partial charge in [-0.2, -0.15) is 0 Å². The van der Waals surface area contributed by atoms with Crippen LogP contribution in [0, 0.1) is 0 Å². The van der Waals surface area contributed by atoms with Crippen molar-refractivity contribution in [3.8, 4) is 0 Å². The molecule has 1 heterocycles. The summed E-state index contributed by atoms with van der Waals surface area (Å²) in [7, 11) is 0. The lowest BCUT2D eigenvalue weighted by Gasteiger charge is -2.22. The Morgan fingerprint density at radius 1 is 1.42 bits per heavy atom. The second-order valence-corrected chi connectivity index (χ2v) is 3.83. The number of ketones is 1. The van der Waals surface area contributed by atoms with E-state index in [1.165, 1.54) is 25.9 Å². The summed E-state index contributed by atoms with van der Waals surface area (Å²) in [6.07, 6.45) is 4.46. The maximum absolute atomic E-state index is 10.7. The Labute approximate surface area is 74.9 Å². The van der Waals surface area contributed by atoms with Crippen LogP contribution in [0.2, 0.25) is 0 Å². The van der Waals surface area contributed by atoms with Gasteiger partial charge in [-0.15, -0.1) is 0 Å². The van der Waals surface area contributed by atoms with E-state index in [9.17, 15) is 4.79 Å². The van der Waals surface area contributed by atoms with E-state index in [0.717, 1.165) is 12.8 Å². The molecular formula is C10H19NO. The minimum atomic E-state index is 0.320. The predicted molar refractivity (Wildman–Crippen MR) is 50.2 cm³/mol. The molecule has 2 nitrogen and oxygen atoms in total. The first-order valence-corrected chi connectivity index (χ1v) is 4.93. The van der Waals surface area contributed by atoms with Crippen LogP contribution in [0.1, 0.15) is 39.5 Å². The Hall–Kier alpha value is -0.370. The molecule has 0 saturated carbocycles. The molecule has 1 aliphatic heterocycles. The normalized spacial score (nSPS) is 21.2. The molecule has 0 aliphatic carbocycles. The first kappa shape index (κ1) is 9.72. The number of hydrogen-bond acceptors (Lipinski definition) is 2. The molecule has 1 saturated heterocycles. The van der Waals surface area contributed by atoms with Crippen molar-refractivity contribution in [2.24, 2.45) is 0 Å². The SMILES string of the molecule is CC(=O)CCC(C)N1CCCC1. The number of rotatable bonds is 4. The van der Waals surface area contributed by atoms with Crippen LogP contribution < -0.4 is 0 Å². The first-order valence-electron chi connectivity index (χ1n) is 4.93. The van der Waals surface area contributed by atoms with Crippen molar-refractivity contribution in [1.29, 1.82) is 0 Å². The van der Waals surface area contributed by atoms with Gasteiger partial charge in [0.1, 0.15) is 5.78 Å². The van der Waals surface area contributed by atoms with E-state index in [2.05, 4.69) is 11.8 Å². The van der Waals surface area contributed by atoms with E-state index in [1.807, 2.05) is 0 Å². The fourth-order valence-electron chi connectivity index (χ4n) is 1.78. The van der Waals surface area contributed by atoms with Gasteiger partial charge in [0.25, 0.3) is 0 Å². The average molecular weight is 169 g/mol. The standard InChI is InChI=1S/C10H19NO/c1-9(5-6-10(2)12)11-7-3-4-8-11/h9H,3-8H2,1-2H3. The minimum absolute atomic E-state index is 0.320. The van der Waals surface area contributed by atoms with Gasteiger partial charge in [-0.25, -0.2) is 0 Å². The zero-order valence-corrected chi connectivity index (χ0v) is 8.18. The summed E-state index contributed by atoms with van der Waals surface area (Å²) in [6.45, 7) is 6.38. The number of nitrogens with zero attached hydrogens (tertiary/aromatic N) is 1. The van der Waals surface area contributed by atoms with Crippen molar-refractivity contribution < 1.29 is 4.79 Å². The molecular weight excluding hydrogens is 150 g/mol.